The molecule has 0 aliphatic heterocycles. The zero-order valence-electron chi connectivity index (χ0n) is 26.3. The Hall–Kier alpha value is -5.36. The maximum absolute atomic E-state index is 11.1. The quantitative estimate of drug-likeness (QED) is 0.138. The Morgan fingerprint density at radius 3 is 1.00 bits per heavy atom. The lowest BCUT2D eigenvalue weighted by molar-refractivity contribution is -0.255. The normalized spacial score (nSPS) is 10.4. The minimum absolute atomic E-state index is 0.0488. The van der Waals surface area contributed by atoms with Gasteiger partial charge in [0.2, 0.25) is 0 Å². The van der Waals surface area contributed by atoms with Crippen LogP contribution in [-0.4, -0.2) is 60.3 Å². The summed E-state index contributed by atoms with van der Waals surface area (Å²) in [5, 5.41) is 38.3. The van der Waals surface area contributed by atoms with Gasteiger partial charge < -0.3 is 25.2 Å². The number of quaternary nitrogens is 1. The van der Waals surface area contributed by atoms with Gasteiger partial charge in [0.15, 0.2) is 0 Å². The molecule has 246 valence electrons. The molecule has 48 heavy (non-hydrogen) atoms. The monoisotopic (exact) mass is 683 g/mol. The number of carbonyl (C=O) groups is 4. The highest BCUT2D eigenvalue weighted by molar-refractivity contribution is 7.99. The van der Waals surface area contributed by atoms with Crippen LogP contribution in [-0.2, 0) is 0 Å². The van der Waals surface area contributed by atoms with Gasteiger partial charge in [0.25, 0.3) is 0 Å². The maximum Gasteiger partial charge on any atom is 0.336 e. The number of aromatic carboxylic acids is 4. The van der Waals surface area contributed by atoms with Crippen LogP contribution in [0.3, 0.4) is 0 Å². The van der Waals surface area contributed by atoms with Gasteiger partial charge in [0.05, 0.1) is 43.8 Å². The Bertz CT molecular complexity index is 1660. The van der Waals surface area contributed by atoms with Crippen LogP contribution >= 0.6 is 23.5 Å². The molecule has 5 aromatic rings. The van der Waals surface area contributed by atoms with Crippen LogP contribution in [0.1, 0.15) is 41.4 Å². The highest BCUT2D eigenvalue weighted by atomic mass is 32.2. The van der Waals surface area contributed by atoms with Gasteiger partial charge in [-0.3, -0.25) is 4.48 Å². The number of benzene rings is 5. The lowest BCUT2D eigenvalue weighted by atomic mass is 10.2. The largest absolute Gasteiger partial charge is 0.545 e. The van der Waals surface area contributed by atoms with Crippen molar-refractivity contribution in [2.75, 3.05) is 21.1 Å². The second kappa shape index (κ2) is 17.5. The minimum atomic E-state index is -1.28. The third kappa shape index (κ3) is 10.9. The summed E-state index contributed by atoms with van der Waals surface area (Å²) in [5.74, 6) is -4.39. The fourth-order valence-electron chi connectivity index (χ4n) is 4.03. The van der Waals surface area contributed by atoms with E-state index >= 15 is 0 Å². The van der Waals surface area contributed by atoms with Gasteiger partial charge in [-0.2, -0.15) is 0 Å². The summed E-state index contributed by atoms with van der Waals surface area (Å²) in [6.07, 6.45) is 0. The molecular formula is C37H33NO8S2. The predicted octanol–water partition coefficient (Wildman–Crippen LogP) is 7.02. The van der Waals surface area contributed by atoms with Crippen LogP contribution in [0.2, 0.25) is 0 Å². The Morgan fingerprint density at radius 2 is 0.729 bits per heavy atom. The minimum Gasteiger partial charge on any atom is -0.545 e. The summed E-state index contributed by atoms with van der Waals surface area (Å²) < 4.78 is 0.890. The average molecular weight is 684 g/mol. The summed E-state index contributed by atoms with van der Waals surface area (Å²) in [7, 11) is 6.49. The molecule has 0 atom stereocenters. The van der Waals surface area contributed by atoms with Crippen LogP contribution in [0, 0.1) is 0 Å². The molecule has 0 bridgehead atoms. The number of carboxylic acid groups (broad SMARTS) is 4. The van der Waals surface area contributed by atoms with E-state index in [0.717, 1.165) is 28.0 Å². The Kier molecular flexibility index (Phi) is 13.5. The topological polar surface area (TPSA) is 152 Å². The van der Waals surface area contributed by atoms with Crippen LogP contribution in [0.15, 0.2) is 147 Å². The zero-order valence-corrected chi connectivity index (χ0v) is 27.9. The number of carbonyl (C=O) groups excluding carboxylic acids is 1. The van der Waals surface area contributed by atoms with Crippen LogP contribution in [0.25, 0.3) is 0 Å². The lowest BCUT2D eigenvalue weighted by Crippen LogP contribution is -2.34. The smallest absolute Gasteiger partial charge is 0.336 e. The summed E-state index contributed by atoms with van der Waals surface area (Å²) >= 11 is 2.23. The van der Waals surface area contributed by atoms with Crippen molar-refractivity contribution in [1.29, 1.82) is 0 Å². The number of hydrogen-bond donors (Lipinski definition) is 3. The lowest BCUT2D eigenvalue weighted by Gasteiger charge is -2.22. The van der Waals surface area contributed by atoms with Crippen LogP contribution < -0.4 is 9.59 Å². The third-order valence-corrected chi connectivity index (χ3v) is 8.73. The molecule has 0 unspecified atom stereocenters. The van der Waals surface area contributed by atoms with Gasteiger partial charge in [-0.05, 0) is 54.6 Å². The molecular weight excluding hydrogens is 651 g/mol. The molecule has 11 heteroatoms. The van der Waals surface area contributed by atoms with Crippen molar-refractivity contribution in [3.8, 4) is 0 Å². The first-order valence-corrected chi connectivity index (χ1v) is 15.9. The van der Waals surface area contributed by atoms with Crippen molar-refractivity contribution in [1.82, 2.24) is 4.48 Å². The van der Waals surface area contributed by atoms with E-state index in [-0.39, 0.29) is 22.3 Å². The first kappa shape index (κ1) is 37.1. The zero-order chi connectivity index (χ0) is 35.3. The molecule has 9 nitrogen and oxygen atoms in total. The van der Waals surface area contributed by atoms with Crippen molar-refractivity contribution in [3.63, 3.8) is 0 Å². The molecule has 0 amide bonds. The van der Waals surface area contributed by atoms with Gasteiger partial charge in [0, 0.05) is 25.1 Å². The van der Waals surface area contributed by atoms with Crippen molar-refractivity contribution >= 4 is 53.1 Å². The second-order valence-electron chi connectivity index (χ2n) is 10.7. The summed E-state index contributed by atoms with van der Waals surface area (Å²) in [6, 6.07) is 36.3. The molecule has 0 saturated heterocycles. The molecule has 0 radical (unpaired) electrons. The first-order valence-electron chi connectivity index (χ1n) is 14.3. The molecule has 0 aromatic heterocycles. The Labute approximate surface area is 286 Å². The molecule has 0 spiro atoms. The highest BCUT2D eigenvalue weighted by Crippen LogP contribution is 2.34. The molecule has 0 aliphatic carbocycles. The van der Waals surface area contributed by atoms with E-state index < -0.39 is 23.9 Å². The molecule has 0 heterocycles. The fraction of sp³-hybridized carbons (Fsp3) is 0.0811. The Morgan fingerprint density at radius 1 is 0.458 bits per heavy atom. The molecule has 3 N–H and O–H groups in total. The van der Waals surface area contributed by atoms with E-state index in [4.69, 9.17) is 15.3 Å². The van der Waals surface area contributed by atoms with Crippen LogP contribution in [0.4, 0.5) is 5.69 Å². The summed E-state index contributed by atoms with van der Waals surface area (Å²) in [6.45, 7) is 0. The van der Waals surface area contributed by atoms with Crippen molar-refractivity contribution in [2.45, 2.75) is 19.6 Å². The molecule has 5 aromatic carbocycles. The number of para-hydroxylation sites is 1. The van der Waals surface area contributed by atoms with E-state index in [1.54, 1.807) is 72.8 Å². The van der Waals surface area contributed by atoms with Gasteiger partial charge in [-0.25, -0.2) is 14.4 Å². The number of nitrogens with zero attached hydrogens (tertiary/aromatic N) is 1. The number of carboxylic acids is 4. The van der Waals surface area contributed by atoms with Gasteiger partial charge >= 0.3 is 17.9 Å². The Balaban J connectivity index is 0.000000205. The second-order valence-corrected chi connectivity index (χ2v) is 12.9. The van der Waals surface area contributed by atoms with Crippen LogP contribution in [0.5, 0.6) is 0 Å². The molecule has 5 rings (SSSR count). The van der Waals surface area contributed by atoms with E-state index in [2.05, 4.69) is 45.4 Å². The average Bonchev–Trinajstić information content (AvgIpc) is 3.06. The number of hydrogen-bond acceptors (Lipinski definition) is 7. The highest BCUT2D eigenvalue weighted by Gasteiger charge is 2.15. The van der Waals surface area contributed by atoms with E-state index in [1.807, 2.05) is 6.07 Å². The molecule has 0 aliphatic rings. The maximum atomic E-state index is 11.1. The molecule has 0 saturated carbocycles. The van der Waals surface area contributed by atoms with Crippen molar-refractivity contribution in [3.05, 3.63) is 150 Å². The fourth-order valence-corrected chi connectivity index (χ4v) is 6.15. The standard InChI is InChI=1S/2C14H10O4S.C9H14N/c2*15-13(16)9-5-1-3-7-11(9)19-12-8-4-2-6-10(12)14(17)18;1-10(2,3)9-7-5-4-6-8-9/h2*1-8H,(H,15,16)(H,17,18);4-8H,1-3H3/q;;+1/p-1. The summed E-state index contributed by atoms with van der Waals surface area (Å²) in [4.78, 5) is 46.3. The molecule has 0 fully saturated rings. The van der Waals surface area contributed by atoms with Gasteiger partial charge in [0.1, 0.15) is 5.69 Å². The van der Waals surface area contributed by atoms with E-state index in [9.17, 15) is 24.3 Å². The SMILES string of the molecule is C[N+](C)(C)c1ccccc1.O=C(O)c1ccccc1Sc1ccccc1C(=O)O.O=C([O-])c1ccccc1Sc1ccccc1C(=O)O. The third-order valence-electron chi connectivity index (χ3n) is 6.43. The van der Waals surface area contributed by atoms with E-state index in [0.29, 0.717) is 19.6 Å². The van der Waals surface area contributed by atoms with Gasteiger partial charge in [-0.1, -0.05) is 96.3 Å². The first-order chi connectivity index (χ1) is 22.8. The summed E-state index contributed by atoms with van der Waals surface area (Å²) in [5.41, 5.74) is 1.84. The van der Waals surface area contributed by atoms with E-state index in [1.165, 1.54) is 30.0 Å². The van der Waals surface area contributed by atoms with Gasteiger partial charge in [-0.15, -0.1) is 0 Å². The number of rotatable bonds is 9. The van der Waals surface area contributed by atoms with Crippen molar-refractivity contribution < 1.29 is 39.6 Å². The predicted molar refractivity (Wildman–Crippen MR) is 185 cm³/mol. The van der Waals surface area contributed by atoms with Crippen molar-refractivity contribution in [2.24, 2.45) is 0 Å².